The molecule has 126 valence electrons. The van der Waals surface area contributed by atoms with Crippen molar-refractivity contribution in [1.29, 1.82) is 0 Å². The standard InChI is InChI=1S/C18H25BrN2O2/c19-15-4-2-14(3-5-15)18(6-1-7-18)13-21-16(22)17(12-20)8-10-23-11-9-17/h2-5H,1,6-13,20H2,(H,21,22). The van der Waals surface area contributed by atoms with Gasteiger partial charge >= 0.3 is 0 Å². The Morgan fingerprint density at radius 1 is 1.17 bits per heavy atom. The van der Waals surface area contributed by atoms with Gasteiger partial charge < -0.3 is 15.8 Å². The summed E-state index contributed by atoms with van der Waals surface area (Å²) < 4.78 is 6.48. The maximum atomic E-state index is 12.8. The lowest BCUT2D eigenvalue weighted by Crippen LogP contribution is -2.53. The SMILES string of the molecule is NCC1(C(=O)NCC2(c3ccc(Br)cc3)CCC2)CCOCC1. The van der Waals surface area contributed by atoms with Gasteiger partial charge in [-0.1, -0.05) is 34.5 Å². The Kier molecular flexibility index (Phi) is 5.09. The lowest BCUT2D eigenvalue weighted by molar-refractivity contribution is -0.136. The summed E-state index contributed by atoms with van der Waals surface area (Å²) in [6.07, 6.45) is 4.93. The number of carbonyl (C=O) groups is 1. The highest BCUT2D eigenvalue weighted by atomic mass is 79.9. The first kappa shape index (κ1) is 16.9. The minimum absolute atomic E-state index is 0.0946. The van der Waals surface area contributed by atoms with Crippen LogP contribution in [0.4, 0.5) is 0 Å². The van der Waals surface area contributed by atoms with E-state index in [2.05, 4.69) is 45.5 Å². The molecule has 1 aromatic rings. The van der Waals surface area contributed by atoms with E-state index in [1.165, 1.54) is 12.0 Å². The first-order valence-corrected chi connectivity index (χ1v) is 9.22. The molecule has 0 bridgehead atoms. The van der Waals surface area contributed by atoms with Crippen LogP contribution >= 0.6 is 15.9 Å². The predicted molar refractivity (Wildman–Crippen MR) is 94.2 cm³/mol. The molecule has 23 heavy (non-hydrogen) atoms. The van der Waals surface area contributed by atoms with Gasteiger partial charge in [-0.25, -0.2) is 0 Å². The average Bonchev–Trinajstić information content (AvgIpc) is 2.55. The number of carbonyl (C=O) groups excluding carboxylic acids is 1. The summed E-state index contributed by atoms with van der Waals surface area (Å²) in [5, 5.41) is 3.21. The van der Waals surface area contributed by atoms with Crippen LogP contribution in [0.5, 0.6) is 0 Å². The smallest absolute Gasteiger partial charge is 0.227 e. The normalized spacial score (nSPS) is 22.2. The molecule has 2 fully saturated rings. The van der Waals surface area contributed by atoms with Crippen molar-refractivity contribution < 1.29 is 9.53 Å². The Hall–Kier alpha value is -0.910. The lowest BCUT2D eigenvalue weighted by Gasteiger charge is -2.44. The number of halogens is 1. The molecule has 0 atom stereocenters. The largest absolute Gasteiger partial charge is 0.381 e. The Bertz CT molecular complexity index is 549. The van der Waals surface area contributed by atoms with Gasteiger partial charge in [0.25, 0.3) is 0 Å². The van der Waals surface area contributed by atoms with E-state index in [0.29, 0.717) is 26.3 Å². The van der Waals surface area contributed by atoms with E-state index in [0.717, 1.165) is 30.2 Å². The summed E-state index contributed by atoms with van der Waals surface area (Å²) in [6.45, 7) is 2.36. The van der Waals surface area contributed by atoms with Crippen LogP contribution in [0, 0.1) is 5.41 Å². The topological polar surface area (TPSA) is 64.4 Å². The monoisotopic (exact) mass is 380 g/mol. The van der Waals surface area contributed by atoms with Gasteiger partial charge in [-0.2, -0.15) is 0 Å². The Morgan fingerprint density at radius 3 is 2.35 bits per heavy atom. The molecular weight excluding hydrogens is 356 g/mol. The molecule has 3 rings (SSSR count). The first-order valence-electron chi connectivity index (χ1n) is 8.42. The van der Waals surface area contributed by atoms with Crippen molar-refractivity contribution in [2.45, 2.75) is 37.5 Å². The number of hydrogen-bond acceptors (Lipinski definition) is 3. The van der Waals surface area contributed by atoms with Crippen molar-refractivity contribution in [2.75, 3.05) is 26.3 Å². The molecule has 1 heterocycles. The zero-order chi connectivity index (χ0) is 16.3. The highest BCUT2D eigenvalue weighted by molar-refractivity contribution is 9.10. The third-order valence-electron chi connectivity index (χ3n) is 5.68. The number of hydrogen-bond donors (Lipinski definition) is 2. The van der Waals surface area contributed by atoms with Crippen LogP contribution in [0.15, 0.2) is 28.7 Å². The summed E-state index contributed by atoms with van der Waals surface area (Å²) in [4.78, 5) is 12.8. The predicted octanol–water partition coefficient (Wildman–Crippen LogP) is 2.74. The van der Waals surface area contributed by atoms with Gasteiger partial charge in [-0.3, -0.25) is 4.79 Å². The molecule has 0 radical (unpaired) electrons. The van der Waals surface area contributed by atoms with Gasteiger partial charge in [0, 0.05) is 36.2 Å². The molecule has 2 aliphatic rings. The average molecular weight is 381 g/mol. The molecule has 1 aromatic carbocycles. The van der Waals surface area contributed by atoms with Crippen LogP contribution in [-0.2, 0) is 14.9 Å². The zero-order valence-corrected chi connectivity index (χ0v) is 15.0. The summed E-state index contributed by atoms with van der Waals surface area (Å²) in [5.41, 5.74) is 6.90. The summed E-state index contributed by atoms with van der Waals surface area (Å²) >= 11 is 3.49. The van der Waals surface area contributed by atoms with Gasteiger partial charge in [0.15, 0.2) is 0 Å². The second-order valence-corrected chi connectivity index (χ2v) is 7.84. The van der Waals surface area contributed by atoms with Crippen molar-refractivity contribution in [3.05, 3.63) is 34.3 Å². The molecule has 4 nitrogen and oxygen atoms in total. The molecule has 0 aromatic heterocycles. The van der Waals surface area contributed by atoms with Gasteiger partial charge in [0.05, 0.1) is 5.41 Å². The lowest BCUT2D eigenvalue weighted by atomic mass is 9.64. The molecule has 1 saturated heterocycles. The minimum Gasteiger partial charge on any atom is -0.381 e. The molecule has 0 unspecified atom stereocenters. The van der Waals surface area contributed by atoms with E-state index in [9.17, 15) is 4.79 Å². The van der Waals surface area contributed by atoms with Crippen molar-refractivity contribution in [1.82, 2.24) is 5.32 Å². The number of rotatable bonds is 5. The Morgan fingerprint density at radius 2 is 1.83 bits per heavy atom. The summed E-state index contributed by atoms with van der Waals surface area (Å²) in [5.74, 6) is 0.103. The fraction of sp³-hybridized carbons (Fsp3) is 0.611. The van der Waals surface area contributed by atoms with E-state index in [4.69, 9.17) is 10.5 Å². The maximum Gasteiger partial charge on any atom is 0.227 e. The Labute approximate surface area is 146 Å². The van der Waals surface area contributed by atoms with E-state index < -0.39 is 5.41 Å². The van der Waals surface area contributed by atoms with Crippen molar-refractivity contribution >= 4 is 21.8 Å². The molecule has 3 N–H and O–H groups in total. The molecule has 0 spiro atoms. The molecular formula is C18H25BrN2O2. The highest BCUT2D eigenvalue weighted by Crippen LogP contribution is 2.43. The van der Waals surface area contributed by atoms with E-state index in [1.807, 2.05) is 0 Å². The van der Waals surface area contributed by atoms with E-state index >= 15 is 0 Å². The van der Waals surface area contributed by atoms with E-state index in [-0.39, 0.29) is 11.3 Å². The number of amides is 1. The van der Waals surface area contributed by atoms with Crippen molar-refractivity contribution in [2.24, 2.45) is 11.1 Å². The second-order valence-electron chi connectivity index (χ2n) is 6.92. The minimum atomic E-state index is -0.442. The second kappa shape index (κ2) is 6.91. The van der Waals surface area contributed by atoms with Crippen LogP contribution in [0.3, 0.4) is 0 Å². The number of benzene rings is 1. The number of ether oxygens (including phenoxy) is 1. The van der Waals surface area contributed by atoms with E-state index in [1.54, 1.807) is 0 Å². The van der Waals surface area contributed by atoms with Crippen LogP contribution in [0.25, 0.3) is 0 Å². The summed E-state index contributed by atoms with van der Waals surface area (Å²) in [7, 11) is 0. The molecule has 1 aliphatic carbocycles. The number of nitrogens with two attached hydrogens (primary N) is 1. The van der Waals surface area contributed by atoms with Crippen LogP contribution in [0.2, 0.25) is 0 Å². The summed E-state index contributed by atoms with van der Waals surface area (Å²) in [6, 6.07) is 8.50. The third kappa shape index (κ3) is 3.32. The van der Waals surface area contributed by atoms with Gasteiger partial charge in [-0.15, -0.1) is 0 Å². The molecule has 1 saturated carbocycles. The zero-order valence-electron chi connectivity index (χ0n) is 13.4. The highest BCUT2D eigenvalue weighted by Gasteiger charge is 2.42. The molecule has 5 heteroatoms. The quantitative estimate of drug-likeness (QED) is 0.825. The van der Waals surface area contributed by atoms with Crippen molar-refractivity contribution in [3.8, 4) is 0 Å². The van der Waals surface area contributed by atoms with Crippen LogP contribution < -0.4 is 11.1 Å². The van der Waals surface area contributed by atoms with Gasteiger partial charge in [-0.05, 0) is 43.4 Å². The maximum absolute atomic E-state index is 12.8. The molecule has 1 aliphatic heterocycles. The Balaban J connectivity index is 1.68. The van der Waals surface area contributed by atoms with Gasteiger partial charge in [0.1, 0.15) is 0 Å². The van der Waals surface area contributed by atoms with Crippen LogP contribution in [0.1, 0.15) is 37.7 Å². The third-order valence-corrected chi connectivity index (χ3v) is 6.21. The van der Waals surface area contributed by atoms with Crippen molar-refractivity contribution in [3.63, 3.8) is 0 Å². The fourth-order valence-corrected chi connectivity index (χ4v) is 3.96. The number of nitrogens with one attached hydrogen (secondary N) is 1. The fourth-order valence-electron chi connectivity index (χ4n) is 3.70. The first-order chi connectivity index (χ1) is 11.1. The molecule has 1 amide bonds. The van der Waals surface area contributed by atoms with Crippen LogP contribution in [-0.4, -0.2) is 32.2 Å². The van der Waals surface area contributed by atoms with Gasteiger partial charge in [0.2, 0.25) is 5.91 Å².